The summed E-state index contributed by atoms with van der Waals surface area (Å²) in [5, 5.41) is 11.2. The minimum Gasteiger partial charge on any atom is -0.481 e. The highest BCUT2D eigenvalue weighted by molar-refractivity contribution is 6.13. The van der Waals surface area contributed by atoms with Crippen molar-refractivity contribution in [3.8, 4) is 0 Å². The lowest BCUT2D eigenvalue weighted by atomic mass is 10.3. The molecule has 31 heteroatoms. The Labute approximate surface area is 525 Å². The van der Waals surface area contributed by atoms with E-state index in [0.29, 0.717) is 317 Å². The second-order valence-electron chi connectivity index (χ2n) is 18.1. The molecule has 0 spiro atoms. The number of rotatable bonds is 78. The van der Waals surface area contributed by atoms with E-state index in [-0.39, 0.29) is 31.9 Å². The van der Waals surface area contributed by atoms with Crippen molar-refractivity contribution in [1.82, 2.24) is 10.2 Å². The minimum atomic E-state index is -0.882. The maximum absolute atomic E-state index is 11.8. The Morgan fingerprint density at radius 2 is 0.416 bits per heavy atom. The predicted octanol–water partition coefficient (Wildman–Crippen LogP) is -0.709. The molecule has 0 aromatic heterocycles. The molecule has 524 valence electrons. The summed E-state index contributed by atoms with van der Waals surface area (Å²) in [4.78, 5) is 46.2. The summed E-state index contributed by atoms with van der Waals surface area (Å²) in [7, 11) is 0. The van der Waals surface area contributed by atoms with Crippen molar-refractivity contribution in [3.05, 3.63) is 12.2 Å². The maximum atomic E-state index is 11.8. The van der Waals surface area contributed by atoms with E-state index in [4.69, 9.17) is 119 Å². The van der Waals surface area contributed by atoms with E-state index < -0.39 is 17.8 Å². The highest BCUT2D eigenvalue weighted by atomic mass is 16.6. The number of hydrogen-bond donors (Lipinski definition) is 2. The molecule has 0 saturated heterocycles. The predicted molar refractivity (Wildman–Crippen MR) is 315 cm³/mol. The van der Waals surface area contributed by atoms with Gasteiger partial charge in [0.05, 0.1) is 324 Å². The zero-order valence-corrected chi connectivity index (χ0v) is 52.7. The Kier molecular flexibility index (Phi) is 68.1. The van der Waals surface area contributed by atoms with Crippen LogP contribution in [0.3, 0.4) is 0 Å². The van der Waals surface area contributed by atoms with E-state index in [1.54, 1.807) is 0 Å². The van der Waals surface area contributed by atoms with Crippen molar-refractivity contribution in [1.29, 1.82) is 0 Å². The Balaban J connectivity index is 1.59. The number of nitrogens with zero attached hydrogens (tertiary/aromatic N) is 1. The van der Waals surface area contributed by atoms with Crippen LogP contribution in [0, 0.1) is 0 Å². The van der Waals surface area contributed by atoms with Gasteiger partial charge in [0, 0.05) is 31.7 Å². The lowest BCUT2D eigenvalue weighted by Gasteiger charge is -2.13. The van der Waals surface area contributed by atoms with Gasteiger partial charge in [0.2, 0.25) is 5.91 Å². The van der Waals surface area contributed by atoms with Crippen molar-refractivity contribution in [2.45, 2.75) is 12.8 Å². The van der Waals surface area contributed by atoms with Gasteiger partial charge in [0.15, 0.2) is 0 Å². The van der Waals surface area contributed by atoms with Gasteiger partial charge in [-0.05, 0) is 0 Å². The fraction of sp³-hybridized carbons (Fsp3) is 0.897. The first kappa shape index (κ1) is 83.9. The molecule has 0 radical (unpaired) electrons. The molecule has 3 amide bonds. The Hall–Kier alpha value is -3.14. The van der Waals surface area contributed by atoms with Crippen LogP contribution in [0.1, 0.15) is 12.8 Å². The van der Waals surface area contributed by atoms with Gasteiger partial charge in [0.25, 0.3) is 11.8 Å². The fourth-order valence-corrected chi connectivity index (χ4v) is 6.54. The van der Waals surface area contributed by atoms with Crippen molar-refractivity contribution in [2.24, 2.45) is 0 Å². The van der Waals surface area contributed by atoms with E-state index in [2.05, 4.69) is 5.32 Å². The third kappa shape index (κ3) is 67.6. The van der Waals surface area contributed by atoms with E-state index >= 15 is 0 Å². The van der Waals surface area contributed by atoms with Crippen molar-refractivity contribution in [3.63, 3.8) is 0 Å². The van der Waals surface area contributed by atoms with Gasteiger partial charge < -0.3 is 124 Å². The number of imide groups is 1. The number of carbonyl (C=O) groups is 4. The summed E-state index contributed by atoms with van der Waals surface area (Å²) < 4.78 is 131. The lowest BCUT2D eigenvalue weighted by molar-refractivity contribution is -0.139. The zero-order chi connectivity index (χ0) is 63.7. The van der Waals surface area contributed by atoms with Crippen LogP contribution in [-0.4, -0.2) is 364 Å². The van der Waals surface area contributed by atoms with Crippen molar-refractivity contribution < 1.29 is 138 Å². The summed E-state index contributed by atoms with van der Waals surface area (Å²) >= 11 is 0. The van der Waals surface area contributed by atoms with Crippen molar-refractivity contribution in [2.75, 3.05) is 330 Å². The van der Waals surface area contributed by atoms with Crippen LogP contribution >= 0.6 is 0 Å². The maximum Gasteiger partial charge on any atom is 0.305 e. The Morgan fingerprint density at radius 3 is 0.584 bits per heavy atom. The summed E-state index contributed by atoms with van der Waals surface area (Å²) in [5.74, 6) is -1.95. The van der Waals surface area contributed by atoms with Gasteiger partial charge in [-0.2, -0.15) is 0 Å². The molecule has 0 fully saturated rings. The zero-order valence-electron chi connectivity index (χ0n) is 52.7. The van der Waals surface area contributed by atoms with Crippen LogP contribution in [0.5, 0.6) is 0 Å². The molecule has 2 N–H and O–H groups in total. The number of carbonyl (C=O) groups excluding carboxylic acids is 3. The quantitative estimate of drug-likeness (QED) is 0.0561. The molecule has 0 unspecified atom stereocenters. The number of aliphatic carboxylic acids is 1. The first-order valence-corrected chi connectivity index (χ1v) is 30.9. The van der Waals surface area contributed by atoms with Gasteiger partial charge >= 0.3 is 5.97 Å². The van der Waals surface area contributed by atoms with E-state index in [1.165, 1.54) is 12.2 Å². The molecule has 0 aromatic carbocycles. The first-order chi connectivity index (χ1) is 44.0. The smallest absolute Gasteiger partial charge is 0.305 e. The number of carboxylic acids is 1. The molecule has 1 aliphatic heterocycles. The largest absolute Gasteiger partial charge is 0.481 e. The number of amides is 3. The molecule has 1 aliphatic rings. The highest BCUT2D eigenvalue weighted by Gasteiger charge is 2.23. The number of ether oxygens (including phenoxy) is 24. The second-order valence-corrected chi connectivity index (χ2v) is 18.1. The molecular weight excluding hydrogens is 1190 g/mol. The average molecular weight is 1300 g/mol. The summed E-state index contributed by atoms with van der Waals surface area (Å²) in [6.07, 6.45) is 2.41. The van der Waals surface area contributed by atoms with Crippen LogP contribution in [0.15, 0.2) is 12.2 Å². The van der Waals surface area contributed by atoms with Crippen LogP contribution in [0.4, 0.5) is 0 Å². The van der Waals surface area contributed by atoms with Crippen molar-refractivity contribution >= 4 is 23.7 Å². The molecular formula is C58H108N2O29. The SMILES string of the molecule is O=C(O)CCOCCOCCOCCOCCOCCOCCOCCOCCOCCOCCOCCOCCOCCOCCOCCOCCOCCOCCOCCOCCOCCOCCOCCOCCNC(=O)CCN1C(=O)C=CC1=O. The van der Waals surface area contributed by atoms with Gasteiger partial charge in [-0.25, -0.2) is 0 Å². The van der Waals surface area contributed by atoms with Crippen LogP contribution in [-0.2, 0) is 133 Å². The second kappa shape index (κ2) is 72.3. The summed E-state index contributed by atoms with van der Waals surface area (Å²) in [6, 6.07) is 0. The number of hydrogen-bond acceptors (Lipinski definition) is 28. The van der Waals surface area contributed by atoms with Crippen LogP contribution < -0.4 is 5.32 Å². The van der Waals surface area contributed by atoms with Gasteiger partial charge in [-0.15, -0.1) is 0 Å². The molecule has 1 heterocycles. The standard InChI is InChI=1S/C58H108N2O29/c61-55(3-6-60-56(62)1-2-57(60)63)59-5-8-67-10-12-69-14-16-71-18-20-73-22-24-75-26-28-77-30-32-79-34-36-81-38-40-83-42-44-85-46-48-87-50-52-89-54-53-88-51-49-86-47-45-84-43-41-82-39-37-80-35-33-78-31-29-76-27-25-74-23-21-72-19-17-70-15-13-68-11-9-66-7-4-58(64)65/h1-2H,3-54H2,(H,59,61)(H,64,65). The van der Waals surface area contributed by atoms with E-state index in [9.17, 15) is 19.2 Å². The van der Waals surface area contributed by atoms with E-state index in [0.717, 1.165) is 4.90 Å². The normalized spacial score (nSPS) is 12.4. The molecule has 0 saturated carbocycles. The lowest BCUT2D eigenvalue weighted by Crippen LogP contribution is -2.35. The molecule has 1 rings (SSSR count). The minimum absolute atomic E-state index is 0.0123. The van der Waals surface area contributed by atoms with Gasteiger partial charge in [-0.1, -0.05) is 0 Å². The topological polar surface area (TPSA) is 325 Å². The number of carboxylic acid groups (broad SMARTS) is 1. The van der Waals surface area contributed by atoms with E-state index in [1.807, 2.05) is 0 Å². The number of nitrogens with one attached hydrogen (secondary N) is 1. The highest BCUT2D eigenvalue weighted by Crippen LogP contribution is 2.04. The summed E-state index contributed by atoms with van der Waals surface area (Å²) in [5.41, 5.74) is 0. The molecule has 0 bridgehead atoms. The Morgan fingerprint density at radius 1 is 0.258 bits per heavy atom. The first-order valence-electron chi connectivity index (χ1n) is 30.9. The third-order valence-corrected chi connectivity index (χ3v) is 11.0. The fourth-order valence-electron chi connectivity index (χ4n) is 6.54. The Bertz CT molecular complexity index is 1530. The monoisotopic (exact) mass is 1300 g/mol. The third-order valence-electron chi connectivity index (χ3n) is 11.0. The van der Waals surface area contributed by atoms with Gasteiger partial charge in [-0.3, -0.25) is 24.1 Å². The molecule has 0 aromatic rings. The van der Waals surface area contributed by atoms with Crippen LogP contribution in [0.2, 0.25) is 0 Å². The molecule has 89 heavy (non-hydrogen) atoms. The molecule has 31 nitrogen and oxygen atoms in total. The molecule has 0 aliphatic carbocycles. The average Bonchev–Trinajstić information content (AvgIpc) is 4.15. The van der Waals surface area contributed by atoms with Gasteiger partial charge in [0.1, 0.15) is 0 Å². The molecule has 0 atom stereocenters. The summed E-state index contributed by atoms with van der Waals surface area (Å²) in [6.45, 7) is 21.9. The van der Waals surface area contributed by atoms with Crippen LogP contribution in [0.25, 0.3) is 0 Å².